The van der Waals surface area contributed by atoms with Crippen LogP contribution in [-0.4, -0.2) is 37.2 Å². The second-order valence-electron chi connectivity index (χ2n) is 22.0. The van der Waals surface area contributed by atoms with Gasteiger partial charge >= 0.3 is 17.9 Å². The maximum Gasteiger partial charge on any atom is 0.306 e. The fourth-order valence-corrected chi connectivity index (χ4v) is 9.75. The van der Waals surface area contributed by atoms with E-state index in [4.69, 9.17) is 14.2 Å². The van der Waals surface area contributed by atoms with Gasteiger partial charge in [-0.3, -0.25) is 14.4 Å². The summed E-state index contributed by atoms with van der Waals surface area (Å²) in [6.07, 6.45) is 75.7. The van der Waals surface area contributed by atoms with Gasteiger partial charge in [0.1, 0.15) is 13.2 Å². The molecule has 0 fully saturated rings. The third-order valence-corrected chi connectivity index (χ3v) is 14.6. The fourth-order valence-electron chi connectivity index (χ4n) is 9.75. The molecule has 1 unspecified atom stereocenters. The van der Waals surface area contributed by atoms with Crippen LogP contribution in [0, 0.1) is 0 Å². The van der Waals surface area contributed by atoms with Crippen LogP contribution < -0.4 is 0 Å². The highest BCUT2D eigenvalue weighted by atomic mass is 16.6. The molecule has 0 amide bonds. The van der Waals surface area contributed by atoms with Crippen LogP contribution in [0.15, 0.2) is 36.5 Å². The predicted octanol–water partition coefficient (Wildman–Crippen LogP) is 22.0. The van der Waals surface area contributed by atoms with Gasteiger partial charge in [-0.15, -0.1) is 0 Å². The minimum absolute atomic E-state index is 0.0708. The van der Waals surface area contributed by atoms with Crippen molar-refractivity contribution in [3.05, 3.63) is 36.5 Å². The van der Waals surface area contributed by atoms with Crippen molar-refractivity contribution in [2.75, 3.05) is 13.2 Å². The molecular formula is C67H124O6. The van der Waals surface area contributed by atoms with Gasteiger partial charge in [-0.05, 0) is 57.8 Å². The Morgan fingerprint density at radius 3 is 0.767 bits per heavy atom. The molecule has 0 spiro atoms. The van der Waals surface area contributed by atoms with Gasteiger partial charge in [0.15, 0.2) is 6.10 Å². The summed E-state index contributed by atoms with van der Waals surface area (Å²) in [5.74, 6) is -0.857. The maximum absolute atomic E-state index is 12.9. The Kier molecular flexibility index (Phi) is 60.2. The van der Waals surface area contributed by atoms with Gasteiger partial charge in [0.2, 0.25) is 0 Å². The van der Waals surface area contributed by atoms with Crippen molar-refractivity contribution in [3.8, 4) is 0 Å². The number of esters is 3. The number of carbonyl (C=O) groups excluding carboxylic acids is 3. The summed E-state index contributed by atoms with van der Waals surface area (Å²) in [6.45, 7) is 6.69. The van der Waals surface area contributed by atoms with E-state index >= 15 is 0 Å². The van der Waals surface area contributed by atoms with Gasteiger partial charge < -0.3 is 14.2 Å². The molecule has 0 aliphatic rings. The van der Waals surface area contributed by atoms with E-state index in [0.29, 0.717) is 19.3 Å². The van der Waals surface area contributed by atoms with Crippen LogP contribution in [0.25, 0.3) is 0 Å². The monoisotopic (exact) mass is 1020 g/mol. The Labute approximate surface area is 455 Å². The number of rotatable bonds is 60. The van der Waals surface area contributed by atoms with Crippen molar-refractivity contribution < 1.29 is 28.6 Å². The third-order valence-electron chi connectivity index (χ3n) is 14.6. The van der Waals surface area contributed by atoms with E-state index in [2.05, 4.69) is 57.2 Å². The number of ether oxygens (including phenoxy) is 3. The first kappa shape index (κ1) is 70.6. The van der Waals surface area contributed by atoms with Crippen molar-refractivity contribution in [2.45, 2.75) is 361 Å². The van der Waals surface area contributed by atoms with E-state index in [-0.39, 0.29) is 31.1 Å². The van der Waals surface area contributed by atoms with Crippen molar-refractivity contribution in [2.24, 2.45) is 0 Å². The zero-order valence-electron chi connectivity index (χ0n) is 49.2. The first-order valence-electron chi connectivity index (χ1n) is 32.5. The molecule has 0 aromatic rings. The molecule has 6 heteroatoms. The molecule has 0 saturated heterocycles. The van der Waals surface area contributed by atoms with Crippen molar-refractivity contribution in [1.82, 2.24) is 0 Å². The number of carbonyl (C=O) groups is 3. The molecule has 1 atom stereocenters. The Morgan fingerprint density at radius 2 is 0.493 bits per heavy atom. The lowest BCUT2D eigenvalue weighted by Crippen LogP contribution is -2.30. The van der Waals surface area contributed by atoms with E-state index in [1.54, 1.807) is 0 Å². The lowest BCUT2D eigenvalue weighted by Gasteiger charge is -2.18. The second kappa shape index (κ2) is 62.2. The van der Waals surface area contributed by atoms with Gasteiger partial charge in [0.25, 0.3) is 0 Å². The average Bonchev–Trinajstić information content (AvgIpc) is 3.39. The van der Waals surface area contributed by atoms with Crippen LogP contribution in [0.1, 0.15) is 355 Å². The number of allylic oxidation sites excluding steroid dienone is 6. The van der Waals surface area contributed by atoms with Crippen molar-refractivity contribution in [3.63, 3.8) is 0 Å². The average molecular weight is 1030 g/mol. The first-order valence-corrected chi connectivity index (χ1v) is 32.5. The molecule has 0 bridgehead atoms. The van der Waals surface area contributed by atoms with Crippen molar-refractivity contribution >= 4 is 17.9 Å². The standard InChI is InChI=1S/C67H124O6/c1-4-7-10-13-16-19-22-25-28-31-33-34-35-37-39-42-45-48-51-54-57-60-66(69)72-63-64(62-71-65(68)59-56-53-50-47-44-41-38-30-27-24-21-18-15-12-9-6-3)73-67(70)61-58-55-52-49-46-43-40-36-32-29-26-23-20-17-14-11-8-5-2/h22,25,31,33,35,37,64H,4-21,23-24,26-30,32,34,36,38-63H2,1-3H3/b25-22-,33-31-,37-35-. The summed E-state index contributed by atoms with van der Waals surface area (Å²) in [5, 5.41) is 0. The summed E-state index contributed by atoms with van der Waals surface area (Å²) in [7, 11) is 0. The second-order valence-corrected chi connectivity index (χ2v) is 22.0. The van der Waals surface area contributed by atoms with Crippen LogP contribution in [0.2, 0.25) is 0 Å². The Bertz CT molecular complexity index is 1220. The van der Waals surface area contributed by atoms with E-state index < -0.39 is 6.10 Å². The van der Waals surface area contributed by atoms with E-state index in [1.165, 1.54) is 238 Å². The Hall–Kier alpha value is -2.37. The summed E-state index contributed by atoms with van der Waals surface area (Å²) >= 11 is 0. The summed E-state index contributed by atoms with van der Waals surface area (Å²) in [6, 6.07) is 0. The molecule has 0 aromatic heterocycles. The van der Waals surface area contributed by atoms with Gasteiger partial charge in [-0.1, -0.05) is 314 Å². The molecule has 0 aromatic carbocycles. The lowest BCUT2D eigenvalue weighted by molar-refractivity contribution is -0.167. The van der Waals surface area contributed by atoms with Gasteiger partial charge in [-0.25, -0.2) is 0 Å². The molecule has 0 rings (SSSR count). The predicted molar refractivity (Wildman–Crippen MR) is 316 cm³/mol. The minimum Gasteiger partial charge on any atom is -0.462 e. The molecule has 0 heterocycles. The van der Waals surface area contributed by atoms with Crippen molar-refractivity contribution in [1.29, 1.82) is 0 Å². The SMILES string of the molecule is CCCCCCC/C=C\C/C=C\C/C=C\CCCCCCCCC(=O)OCC(COC(=O)CCCCCCCCCCCCCCCCCC)OC(=O)CCCCCCCCCCCCCCCCCCCC. The quantitative estimate of drug-likeness (QED) is 0.0261. The van der Waals surface area contributed by atoms with Crippen LogP contribution >= 0.6 is 0 Å². The smallest absolute Gasteiger partial charge is 0.306 e. The fraction of sp³-hybridized carbons (Fsp3) is 0.866. The zero-order valence-corrected chi connectivity index (χ0v) is 49.2. The van der Waals surface area contributed by atoms with Crippen LogP contribution in [0.5, 0.6) is 0 Å². The van der Waals surface area contributed by atoms with Gasteiger partial charge in [0, 0.05) is 19.3 Å². The Balaban J connectivity index is 4.34. The number of hydrogen-bond acceptors (Lipinski definition) is 6. The summed E-state index contributed by atoms with van der Waals surface area (Å²) in [4.78, 5) is 38.3. The third kappa shape index (κ3) is 60.4. The van der Waals surface area contributed by atoms with Gasteiger partial charge in [0.05, 0.1) is 0 Å². The molecule has 0 saturated carbocycles. The highest BCUT2D eigenvalue weighted by molar-refractivity contribution is 5.71. The summed E-state index contributed by atoms with van der Waals surface area (Å²) < 4.78 is 17.0. The molecule has 0 aliphatic heterocycles. The largest absolute Gasteiger partial charge is 0.462 e. The zero-order chi connectivity index (χ0) is 52.9. The molecule has 6 nitrogen and oxygen atoms in total. The molecule has 0 N–H and O–H groups in total. The van der Waals surface area contributed by atoms with Gasteiger partial charge in [-0.2, -0.15) is 0 Å². The topological polar surface area (TPSA) is 78.9 Å². The number of unbranched alkanes of at least 4 members (excludes halogenated alkanes) is 43. The lowest BCUT2D eigenvalue weighted by atomic mass is 10.0. The normalized spacial score (nSPS) is 12.2. The molecule has 73 heavy (non-hydrogen) atoms. The maximum atomic E-state index is 12.9. The Morgan fingerprint density at radius 1 is 0.274 bits per heavy atom. The molecule has 0 radical (unpaired) electrons. The highest BCUT2D eigenvalue weighted by Gasteiger charge is 2.19. The van der Waals surface area contributed by atoms with Crippen LogP contribution in [0.3, 0.4) is 0 Å². The minimum atomic E-state index is -0.774. The van der Waals surface area contributed by atoms with Crippen LogP contribution in [0.4, 0.5) is 0 Å². The van der Waals surface area contributed by atoms with Crippen LogP contribution in [-0.2, 0) is 28.6 Å². The van der Waals surface area contributed by atoms with E-state index in [1.807, 2.05) is 0 Å². The molecular weight excluding hydrogens is 901 g/mol. The van der Waals surface area contributed by atoms with E-state index in [9.17, 15) is 14.4 Å². The molecule has 428 valence electrons. The summed E-state index contributed by atoms with van der Waals surface area (Å²) in [5.41, 5.74) is 0. The molecule has 0 aliphatic carbocycles. The highest BCUT2D eigenvalue weighted by Crippen LogP contribution is 2.18. The first-order chi connectivity index (χ1) is 36.0. The van der Waals surface area contributed by atoms with E-state index in [0.717, 1.165) is 77.0 Å². The number of hydrogen-bond donors (Lipinski definition) is 0.